The number of hydrogen-bond donors (Lipinski definition) is 0. The standard InChI is InChI=1S/C15H10BrNO2S/c1-19-13-5-3-2-4-12(13)15(18)10(9-17)8-11-6-7-14(16)20-11/h2-8H,1H3/b10-8+. The van der Waals surface area contributed by atoms with Crippen molar-refractivity contribution in [3.05, 3.63) is 56.2 Å². The average Bonchev–Trinajstić information content (AvgIpc) is 2.89. The molecule has 0 amide bonds. The minimum absolute atomic E-state index is 0.0869. The van der Waals surface area contributed by atoms with Crippen molar-refractivity contribution in [1.82, 2.24) is 0 Å². The Hall–Kier alpha value is -1.90. The molecule has 0 atom stereocenters. The molecule has 0 aliphatic heterocycles. The molecule has 2 aromatic rings. The highest BCUT2D eigenvalue weighted by Crippen LogP contribution is 2.26. The number of methoxy groups -OCH3 is 1. The van der Waals surface area contributed by atoms with Gasteiger partial charge in [0, 0.05) is 4.88 Å². The number of halogens is 1. The first-order valence-corrected chi connectivity index (χ1v) is 7.31. The van der Waals surface area contributed by atoms with Crippen LogP contribution in [0.1, 0.15) is 15.2 Å². The summed E-state index contributed by atoms with van der Waals surface area (Å²) in [6, 6.07) is 12.5. The fraction of sp³-hybridized carbons (Fsp3) is 0.0667. The molecule has 0 saturated carbocycles. The molecule has 0 bridgehead atoms. The van der Waals surface area contributed by atoms with Gasteiger partial charge in [0.05, 0.1) is 16.5 Å². The van der Waals surface area contributed by atoms with Crippen LogP contribution in [0.2, 0.25) is 0 Å². The Balaban J connectivity index is 2.40. The highest BCUT2D eigenvalue weighted by molar-refractivity contribution is 9.11. The van der Waals surface area contributed by atoms with E-state index >= 15 is 0 Å². The summed E-state index contributed by atoms with van der Waals surface area (Å²) in [7, 11) is 1.50. The normalized spacial score (nSPS) is 10.9. The second-order valence-electron chi connectivity index (χ2n) is 3.84. The van der Waals surface area contributed by atoms with Crippen molar-refractivity contribution >= 4 is 39.1 Å². The van der Waals surface area contributed by atoms with Gasteiger partial charge in [0.25, 0.3) is 0 Å². The van der Waals surface area contributed by atoms with Crippen molar-refractivity contribution in [1.29, 1.82) is 5.26 Å². The van der Waals surface area contributed by atoms with E-state index in [1.165, 1.54) is 18.4 Å². The number of ketones is 1. The number of benzene rings is 1. The number of rotatable bonds is 4. The van der Waals surface area contributed by atoms with Crippen LogP contribution in [-0.2, 0) is 0 Å². The summed E-state index contributed by atoms with van der Waals surface area (Å²) in [5, 5.41) is 9.20. The maximum Gasteiger partial charge on any atom is 0.207 e. The Morgan fingerprint density at radius 2 is 2.10 bits per heavy atom. The molecule has 0 aliphatic carbocycles. The third-order valence-electron chi connectivity index (χ3n) is 2.60. The summed E-state index contributed by atoms with van der Waals surface area (Å²) in [5.41, 5.74) is 0.474. The molecular weight excluding hydrogens is 338 g/mol. The van der Waals surface area contributed by atoms with E-state index < -0.39 is 0 Å². The molecule has 2 rings (SSSR count). The van der Waals surface area contributed by atoms with Crippen LogP contribution in [0.25, 0.3) is 6.08 Å². The molecule has 1 aromatic heterocycles. The topological polar surface area (TPSA) is 50.1 Å². The zero-order chi connectivity index (χ0) is 14.5. The molecule has 0 fully saturated rings. The Morgan fingerprint density at radius 3 is 2.70 bits per heavy atom. The third kappa shape index (κ3) is 3.16. The summed E-state index contributed by atoms with van der Waals surface area (Å²) >= 11 is 4.81. The second-order valence-corrected chi connectivity index (χ2v) is 6.34. The fourth-order valence-electron chi connectivity index (χ4n) is 1.67. The smallest absolute Gasteiger partial charge is 0.207 e. The molecule has 20 heavy (non-hydrogen) atoms. The van der Waals surface area contributed by atoms with Gasteiger partial charge < -0.3 is 4.74 Å². The number of ether oxygens (including phenoxy) is 1. The zero-order valence-corrected chi connectivity index (χ0v) is 13.0. The van der Waals surface area contributed by atoms with Gasteiger partial charge in [0.1, 0.15) is 17.4 Å². The predicted molar refractivity (Wildman–Crippen MR) is 82.9 cm³/mol. The Bertz CT molecular complexity index is 713. The van der Waals surface area contributed by atoms with E-state index in [-0.39, 0.29) is 11.4 Å². The minimum Gasteiger partial charge on any atom is -0.496 e. The lowest BCUT2D eigenvalue weighted by atomic mass is 10.0. The lowest BCUT2D eigenvalue weighted by Gasteiger charge is -2.05. The van der Waals surface area contributed by atoms with E-state index in [9.17, 15) is 10.1 Å². The SMILES string of the molecule is COc1ccccc1C(=O)/C(C#N)=C/c1ccc(Br)s1. The predicted octanol–water partition coefficient (Wildman–Crippen LogP) is 4.31. The number of carbonyl (C=O) groups excluding carboxylic acids is 1. The van der Waals surface area contributed by atoms with Gasteiger partial charge in [-0.05, 0) is 46.3 Å². The summed E-state index contributed by atoms with van der Waals surface area (Å²) < 4.78 is 6.10. The van der Waals surface area contributed by atoms with Crippen LogP contribution in [0.15, 0.2) is 45.8 Å². The minimum atomic E-state index is -0.338. The molecule has 0 N–H and O–H groups in total. The summed E-state index contributed by atoms with van der Waals surface area (Å²) in [6.45, 7) is 0. The highest BCUT2D eigenvalue weighted by atomic mass is 79.9. The van der Waals surface area contributed by atoms with Crippen LogP contribution in [0.5, 0.6) is 5.75 Å². The number of para-hydroxylation sites is 1. The molecule has 0 spiro atoms. The molecule has 0 radical (unpaired) electrons. The second kappa shape index (κ2) is 6.51. The van der Waals surface area contributed by atoms with Crippen molar-refractivity contribution in [3.8, 4) is 11.8 Å². The molecule has 3 nitrogen and oxygen atoms in total. The monoisotopic (exact) mass is 347 g/mol. The van der Waals surface area contributed by atoms with Crippen molar-refractivity contribution in [2.75, 3.05) is 7.11 Å². The van der Waals surface area contributed by atoms with Crippen molar-refractivity contribution in [2.45, 2.75) is 0 Å². The first kappa shape index (κ1) is 14.5. The maximum absolute atomic E-state index is 12.4. The summed E-state index contributed by atoms with van der Waals surface area (Å²) in [4.78, 5) is 13.2. The number of Topliss-reactive ketones (excluding diaryl/α,β-unsaturated/α-hetero) is 1. The number of nitriles is 1. The van der Waals surface area contributed by atoms with Gasteiger partial charge >= 0.3 is 0 Å². The first-order valence-electron chi connectivity index (χ1n) is 5.70. The van der Waals surface area contributed by atoms with Crippen LogP contribution in [0.3, 0.4) is 0 Å². The summed E-state index contributed by atoms with van der Waals surface area (Å²) in [6.07, 6.45) is 1.59. The van der Waals surface area contributed by atoms with Crippen molar-refractivity contribution < 1.29 is 9.53 Å². The van der Waals surface area contributed by atoms with E-state index in [0.717, 1.165) is 8.66 Å². The van der Waals surface area contributed by atoms with E-state index in [4.69, 9.17) is 4.74 Å². The maximum atomic E-state index is 12.4. The Morgan fingerprint density at radius 1 is 1.35 bits per heavy atom. The molecule has 1 aromatic carbocycles. The van der Waals surface area contributed by atoms with Crippen LogP contribution in [0.4, 0.5) is 0 Å². The molecular formula is C15H10BrNO2S. The lowest BCUT2D eigenvalue weighted by Crippen LogP contribution is -2.04. The number of allylic oxidation sites excluding steroid dienone is 1. The number of carbonyl (C=O) groups is 1. The number of thiophene rings is 1. The number of hydrogen-bond acceptors (Lipinski definition) is 4. The van der Waals surface area contributed by atoms with Crippen LogP contribution in [0, 0.1) is 11.3 Å². The first-order chi connectivity index (χ1) is 9.65. The molecule has 100 valence electrons. The molecule has 1 heterocycles. The van der Waals surface area contributed by atoms with Crippen LogP contribution >= 0.6 is 27.3 Å². The fourth-order valence-corrected chi connectivity index (χ4v) is 3.04. The van der Waals surface area contributed by atoms with Crippen LogP contribution in [-0.4, -0.2) is 12.9 Å². The highest BCUT2D eigenvalue weighted by Gasteiger charge is 2.16. The quantitative estimate of drug-likeness (QED) is 0.470. The van der Waals surface area contributed by atoms with Crippen LogP contribution < -0.4 is 4.74 Å². The molecule has 0 saturated heterocycles. The van der Waals surface area contributed by atoms with Gasteiger partial charge in [0.2, 0.25) is 5.78 Å². The van der Waals surface area contributed by atoms with Gasteiger partial charge in [-0.3, -0.25) is 4.79 Å². The summed E-state index contributed by atoms with van der Waals surface area (Å²) in [5.74, 6) is 0.125. The molecule has 0 unspecified atom stereocenters. The van der Waals surface area contributed by atoms with Gasteiger partial charge in [-0.1, -0.05) is 12.1 Å². The Labute approximate surface area is 129 Å². The third-order valence-corrected chi connectivity index (χ3v) is 4.17. The van der Waals surface area contributed by atoms with Crippen molar-refractivity contribution in [2.24, 2.45) is 0 Å². The van der Waals surface area contributed by atoms with E-state index in [2.05, 4.69) is 15.9 Å². The van der Waals surface area contributed by atoms with Gasteiger partial charge in [0.15, 0.2) is 0 Å². The average molecular weight is 348 g/mol. The number of nitrogens with zero attached hydrogens (tertiary/aromatic N) is 1. The molecule has 5 heteroatoms. The van der Waals surface area contributed by atoms with E-state index in [1.54, 1.807) is 30.3 Å². The van der Waals surface area contributed by atoms with Gasteiger partial charge in [-0.2, -0.15) is 5.26 Å². The van der Waals surface area contributed by atoms with Gasteiger partial charge in [-0.15, -0.1) is 11.3 Å². The largest absolute Gasteiger partial charge is 0.496 e. The lowest BCUT2D eigenvalue weighted by molar-refractivity contribution is 0.103. The molecule has 0 aliphatic rings. The van der Waals surface area contributed by atoms with Crippen molar-refractivity contribution in [3.63, 3.8) is 0 Å². The van der Waals surface area contributed by atoms with Gasteiger partial charge in [-0.25, -0.2) is 0 Å². The Kier molecular flexibility index (Phi) is 4.72. The zero-order valence-electron chi connectivity index (χ0n) is 10.6. The van der Waals surface area contributed by atoms with E-state index in [0.29, 0.717) is 11.3 Å². The van der Waals surface area contributed by atoms with E-state index in [1.807, 2.05) is 18.2 Å².